The summed E-state index contributed by atoms with van der Waals surface area (Å²) in [4.78, 5) is 4.65. The van der Waals surface area contributed by atoms with Crippen molar-refractivity contribution >= 4 is 121 Å². The van der Waals surface area contributed by atoms with Crippen LogP contribution in [0.5, 0.6) is 0 Å². The number of benzene rings is 12. The van der Waals surface area contributed by atoms with E-state index in [-0.39, 0.29) is 0 Å². The highest BCUT2D eigenvalue weighted by molar-refractivity contribution is 6.17. The van der Waals surface area contributed by atoms with Gasteiger partial charge >= 0.3 is 0 Å². The Balaban J connectivity index is 0.873. The van der Waals surface area contributed by atoms with E-state index in [1.54, 1.807) is 0 Å². The lowest BCUT2D eigenvalue weighted by Gasteiger charge is -2.26. The van der Waals surface area contributed by atoms with Crippen LogP contribution in [0, 0.1) is 13.8 Å². The number of anilines is 6. The molecule has 0 aliphatic carbocycles. The highest BCUT2D eigenvalue weighted by Crippen LogP contribution is 2.48. The van der Waals surface area contributed by atoms with E-state index in [1.807, 2.05) is 0 Å². The zero-order valence-corrected chi connectivity index (χ0v) is 41.2. The fraction of sp³-hybridized carbons (Fsp3) is 0.0286. The maximum Gasteiger partial charge on any atom is 0.159 e. The summed E-state index contributed by atoms with van der Waals surface area (Å²) < 4.78 is 20.7. The molecule has 0 aliphatic rings. The van der Waals surface area contributed by atoms with Gasteiger partial charge in [0.25, 0.3) is 0 Å². The first-order valence-corrected chi connectivity index (χ1v) is 25.5. The Morgan fingerprint density at radius 3 is 1.08 bits per heavy atom. The molecule has 0 fully saturated rings. The third-order valence-corrected chi connectivity index (χ3v) is 15.1. The molecular formula is C70H46N2O3. The average Bonchev–Trinajstić information content (AvgIpc) is 4.15. The second-order valence-electron chi connectivity index (χ2n) is 19.8. The van der Waals surface area contributed by atoms with Crippen molar-refractivity contribution in [2.45, 2.75) is 13.8 Å². The van der Waals surface area contributed by atoms with Gasteiger partial charge < -0.3 is 23.1 Å². The normalized spacial score (nSPS) is 11.9. The molecule has 15 rings (SSSR count). The number of hydrogen-bond acceptors (Lipinski definition) is 5. The molecule has 3 heterocycles. The fourth-order valence-electron chi connectivity index (χ4n) is 11.4. The van der Waals surface area contributed by atoms with Gasteiger partial charge in [-0.1, -0.05) is 169 Å². The Morgan fingerprint density at radius 1 is 0.267 bits per heavy atom. The summed E-state index contributed by atoms with van der Waals surface area (Å²) in [6, 6.07) is 86.7. The molecule has 0 aliphatic heterocycles. The van der Waals surface area contributed by atoms with Gasteiger partial charge in [0.1, 0.15) is 22.3 Å². The van der Waals surface area contributed by atoms with Crippen LogP contribution in [0.2, 0.25) is 0 Å². The second-order valence-corrected chi connectivity index (χ2v) is 19.8. The predicted molar refractivity (Wildman–Crippen MR) is 313 cm³/mol. The monoisotopic (exact) mass is 962 g/mol. The van der Waals surface area contributed by atoms with Gasteiger partial charge in [0.2, 0.25) is 0 Å². The van der Waals surface area contributed by atoms with Gasteiger partial charge in [-0.3, -0.25) is 0 Å². The first-order chi connectivity index (χ1) is 37.0. The van der Waals surface area contributed by atoms with Crippen LogP contribution in [-0.2, 0) is 0 Å². The van der Waals surface area contributed by atoms with Crippen LogP contribution < -0.4 is 9.80 Å². The summed E-state index contributed by atoms with van der Waals surface area (Å²) in [6.45, 7) is 4.26. The molecule has 354 valence electrons. The molecule has 75 heavy (non-hydrogen) atoms. The molecule has 0 unspecified atom stereocenters. The molecule has 3 aromatic heterocycles. The van der Waals surface area contributed by atoms with Crippen LogP contribution in [0.1, 0.15) is 11.1 Å². The van der Waals surface area contributed by atoms with Gasteiger partial charge in [0.05, 0.1) is 11.4 Å². The minimum absolute atomic E-state index is 0.839. The van der Waals surface area contributed by atoms with E-state index in [4.69, 9.17) is 13.3 Å². The van der Waals surface area contributed by atoms with Crippen LogP contribution in [0.3, 0.4) is 0 Å². The second kappa shape index (κ2) is 16.9. The number of rotatable bonds is 8. The summed E-state index contributed by atoms with van der Waals surface area (Å²) in [5.74, 6) is 0. The van der Waals surface area contributed by atoms with Gasteiger partial charge in [-0.2, -0.15) is 0 Å². The Hall–Kier alpha value is -9.84. The number of aryl methyl sites for hydroxylation is 2. The molecular weight excluding hydrogens is 917 g/mol. The Labute approximate surface area is 432 Å². The molecule has 5 heteroatoms. The molecule has 0 N–H and O–H groups in total. The lowest BCUT2D eigenvalue weighted by atomic mass is 10.0. The lowest BCUT2D eigenvalue weighted by molar-refractivity contribution is 0.670. The van der Waals surface area contributed by atoms with Crippen molar-refractivity contribution in [3.8, 4) is 22.3 Å². The van der Waals surface area contributed by atoms with E-state index in [1.165, 1.54) is 11.1 Å². The molecule has 0 bridgehead atoms. The van der Waals surface area contributed by atoms with E-state index in [9.17, 15) is 0 Å². The molecule has 0 atom stereocenters. The van der Waals surface area contributed by atoms with Crippen LogP contribution >= 0.6 is 0 Å². The van der Waals surface area contributed by atoms with E-state index in [2.05, 4.69) is 266 Å². The van der Waals surface area contributed by atoms with E-state index >= 15 is 0 Å². The zero-order valence-electron chi connectivity index (χ0n) is 41.2. The number of hydrogen-bond donors (Lipinski definition) is 0. The maximum atomic E-state index is 7.00. The van der Waals surface area contributed by atoms with Crippen molar-refractivity contribution in [3.63, 3.8) is 0 Å². The molecule has 15 aromatic rings. The summed E-state index contributed by atoms with van der Waals surface area (Å²) >= 11 is 0. The fourth-order valence-corrected chi connectivity index (χ4v) is 11.4. The first-order valence-electron chi connectivity index (χ1n) is 25.5. The van der Waals surface area contributed by atoms with Crippen molar-refractivity contribution in [1.29, 1.82) is 0 Å². The third kappa shape index (κ3) is 7.00. The highest BCUT2D eigenvalue weighted by atomic mass is 16.3. The van der Waals surface area contributed by atoms with Gasteiger partial charge in [0, 0.05) is 66.2 Å². The van der Waals surface area contributed by atoms with Gasteiger partial charge in [-0.05, 0) is 131 Å². The third-order valence-electron chi connectivity index (χ3n) is 15.1. The molecule has 5 nitrogen and oxygen atoms in total. The molecule has 0 saturated carbocycles. The zero-order chi connectivity index (χ0) is 49.7. The van der Waals surface area contributed by atoms with Crippen molar-refractivity contribution in [3.05, 3.63) is 254 Å². The predicted octanol–water partition coefficient (Wildman–Crippen LogP) is 20.6. The Morgan fingerprint density at radius 2 is 0.653 bits per heavy atom. The summed E-state index contributed by atoms with van der Waals surface area (Å²) in [7, 11) is 0. The maximum absolute atomic E-state index is 7.00. The quantitative estimate of drug-likeness (QED) is 0.152. The lowest BCUT2D eigenvalue weighted by Crippen LogP contribution is -2.10. The summed E-state index contributed by atoms with van der Waals surface area (Å²) in [5.41, 5.74) is 18.0. The average molecular weight is 963 g/mol. The van der Waals surface area contributed by atoms with E-state index in [0.29, 0.717) is 0 Å². The SMILES string of the molecule is Cc1ccc(N(c2ccc3cc4oc5cc6ccc(N(c7ccc(C)cc7)c7cccc8c7oc7c(-c9ccccc9)cccc78)cc6cc5c4cc3c2)c2cccc3c2oc2c(-c4ccccc4)cccc23)cc1. The topological polar surface area (TPSA) is 45.9 Å². The first kappa shape index (κ1) is 42.8. The van der Waals surface area contributed by atoms with Crippen molar-refractivity contribution < 1.29 is 13.3 Å². The molecule has 0 amide bonds. The Bertz CT molecular complexity index is 4420. The Kier molecular flexibility index (Phi) is 9.63. The van der Waals surface area contributed by atoms with Crippen molar-refractivity contribution in [2.75, 3.05) is 9.80 Å². The van der Waals surface area contributed by atoms with Crippen LogP contribution in [0.25, 0.3) is 110 Å². The number of nitrogens with zero attached hydrogens (tertiary/aromatic N) is 2. The molecule has 0 saturated heterocycles. The van der Waals surface area contributed by atoms with Crippen LogP contribution in [0.4, 0.5) is 34.1 Å². The van der Waals surface area contributed by atoms with Gasteiger partial charge in [0.15, 0.2) is 11.2 Å². The molecule has 0 radical (unpaired) electrons. The van der Waals surface area contributed by atoms with Gasteiger partial charge in [-0.25, -0.2) is 0 Å². The number of furan rings is 3. The molecule has 12 aromatic carbocycles. The van der Waals surface area contributed by atoms with Crippen molar-refractivity contribution in [1.82, 2.24) is 0 Å². The van der Waals surface area contributed by atoms with Gasteiger partial charge in [-0.15, -0.1) is 0 Å². The largest absolute Gasteiger partial charge is 0.456 e. The highest BCUT2D eigenvalue weighted by Gasteiger charge is 2.24. The van der Waals surface area contributed by atoms with E-state index in [0.717, 1.165) is 144 Å². The molecule has 0 spiro atoms. The summed E-state index contributed by atoms with van der Waals surface area (Å²) in [5, 5.41) is 10.9. The van der Waals surface area contributed by atoms with Crippen molar-refractivity contribution in [2.24, 2.45) is 0 Å². The van der Waals surface area contributed by atoms with E-state index < -0.39 is 0 Å². The van der Waals surface area contributed by atoms with Crippen LogP contribution in [-0.4, -0.2) is 0 Å². The number of fused-ring (bicyclic) bond motifs is 11. The smallest absolute Gasteiger partial charge is 0.159 e. The number of para-hydroxylation sites is 4. The standard InChI is InChI=1S/C70H46N2O3/c1-43-25-31-51(32-26-43)71(63-23-11-21-59-57-19-9-17-55(67(57)74-69(59)63)45-13-5-3-6-14-45)53-35-29-47-41-65-61(39-49(47)37-53)62-40-50-38-54(36-30-48(50)42-66(62)73-65)72(52-33-27-44(2)28-34-52)64-24-12-22-60-58-20-10-18-56(68(58)75-70(60)64)46-15-7-4-8-16-46/h3-42H,1-2H3. The summed E-state index contributed by atoms with van der Waals surface area (Å²) in [6.07, 6.45) is 0. The minimum Gasteiger partial charge on any atom is -0.456 e. The minimum atomic E-state index is 0.839. The van der Waals surface area contributed by atoms with Crippen LogP contribution in [0.15, 0.2) is 256 Å².